The third kappa shape index (κ3) is 8.83. The van der Waals surface area contributed by atoms with E-state index >= 15 is 0 Å². The molecule has 0 saturated heterocycles. The summed E-state index contributed by atoms with van der Waals surface area (Å²) in [6.45, 7) is 10.1. The van der Waals surface area contributed by atoms with Gasteiger partial charge in [-0.2, -0.15) is 0 Å². The van der Waals surface area contributed by atoms with Crippen LogP contribution < -0.4 is 0 Å². The zero-order chi connectivity index (χ0) is 13.6. The molecule has 0 aromatic carbocycles. The molecule has 0 aromatic heterocycles. The molecule has 0 aliphatic rings. The highest BCUT2D eigenvalue weighted by Crippen LogP contribution is 2.02. The monoisotopic (exact) mass is 263 g/mol. The average Bonchev–Trinajstić information content (AvgIpc) is 2.40. The second kappa shape index (κ2) is 13.2. The van der Waals surface area contributed by atoms with E-state index in [0.717, 1.165) is 26.3 Å². The molecular weight excluding hydrogens is 234 g/mol. The Balaban J connectivity index is 4.06. The molecule has 0 bridgehead atoms. The first-order chi connectivity index (χ1) is 8.79. The quantitative estimate of drug-likeness (QED) is 0.464. The third-order valence-corrected chi connectivity index (χ3v) is 2.76. The van der Waals surface area contributed by atoms with Crippen LogP contribution >= 0.6 is 0 Å². The van der Waals surface area contributed by atoms with E-state index in [9.17, 15) is 0 Å². The summed E-state index contributed by atoms with van der Waals surface area (Å²) in [5.74, 6) is 0. The van der Waals surface area contributed by atoms with Gasteiger partial charge in [0, 0.05) is 27.4 Å². The maximum atomic E-state index is 5.61. The van der Waals surface area contributed by atoms with Gasteiger partial charge in [-0.05, 0) is 13.5 Å². The number of methoxy groups -OCH3 is 2. The van der Waals surface area contributed by atoms with Gasteiger partial charge in [-0.25, -0.2) is 0 Å². The fourth-order valence-electron chi connectivity index (χ4n) is 1.68. The second-order valence-electron chi connectivity index (χ2n) is 4.00. The number of hydrogen-bond acceptors (Lipinski definition) is 5. The van der Waals surface area contributed by atoms with E-state index in [2.05, 4.69) is 11.8 Å². The topological polar surface area (TPSA) is 40.2 Å². The Kier molecular flexibility index (Phi) is 13.1. The molecule has 0 saturated carbocycles. The first-order valence-corrected chi connectivity index (χ1v) is 6.67. The lowest BCUT2D eigenvalue weighted by Crippen LogP contribution is -2.43. The number of ether oxygens (including phenoxy) is 4. The van der Waals surface area contributed by atoms with Crippen molar-refractivity contribution < 1.29 is 18.9 Å². The van der Waals surface area contributed by atoms with Crippen LogP contribution in [0.3, 0.4) is 0 Å². The molecule has 5 heteroatoms. The first kappa shape index (κ1) is 17.8. The van der Waals surface area contributed by atoms with Crippen molar-refractivity contribution in [1.82, 2.24) is 4.90 Å². The third-order valence-electron chi connectivity index (χ3n) is 2.76. The molecule has 0 rings (SSSR count). The summed E-state index contributed by atoms with van der Waals surface area (Å²) in [5.41, 5.74) is 0. The summed E-state index contributed by atoms with van der Waals surface area (Å²) >= 11 is 0. The Bertz CT molecular complexity index is 169. The highest BCUT2D eigenvalue weighted by Gasteiger charge is 2.17. The Morgan fingerprint density at radius 3 is 2.11 bits per heavy atom. The molecule has 18 heavy (non-hydrogen) atoms. The van der Waals surface area contributed by atoms with Gasteiger partial charge in [0.15, 0.2) is 0 Å². The molecule has 0 spiro atoms. The zero-order valence-corrected chi connectivity index (χ0v) is 12.3. The minimum absolute atomic E-state index is 0.280. The Labute approximate surface area is 111 Å². The normalized spacial score (nSPS) is 13.2. The molecular formula is C13H29NO4. The van der Waals surface area contributed by atoms with Crippen molar-refractivity contribution in [3.63, 3.8) is 0 Å². The van der Waals surface area contributed by atoms with Crippen molar-refractivity contribution in [3.05, 3.63) is 0 Å². The van der Waals surface area contributed by atoms with E-state index < -0.39 is 0 Å². The predicted molar refractivity (Wildman–Crippen MR) is 72.1 cm³/mol. The molecule has 0 radical (unpaired) electrons. The van der Waals surface area contributed by atoms with Gasteiger partial charge in [-0.15, -0.1) is 0 Å². The summed E-state index contributed by atoms with van der Waals surface area (Å²) in [6, 6.07) is 0.280. The molecule has 1 atom stereocenters. The van der Waals surface area contributed by atoms with Crippen LogP contribution in [-0.4, -0.2) is 77.9 Å². The largest absolute Gasteiger partial charge is 0.383 e. The minimum atomic E-state index is 0.280. The van der Waals surface area contributed by atoms with Gasteiger partial charge >= 0.3 is 0 Å². The summed E-state index contributed by atoms with van der Waals surface area (Å²) < 4.78 is 21.2. The highest BCUT2D eigenvalue weighted by atomic mass is 16.5. The number of rotatable bonds is 13. The van der Waals surface area contributed by atoms with E-state index in [1.807, 2.05) is 6.92 Å². The van der Waals surface area contributed by atoms with Crippen LogP contribution in [0.4, 0.5) is 0 Å². The van der Waals surface area contributed by atoms with Crippen molar-refractivity contribution in [2.24, 2.45) is 0 Å². The summed E-state index contributed by atoms with van der Waals surface area (Å²) in [7, 11) is 3.40. The lowest BCUT2D eigenvalue weighted by atomic mass is 10.2. The van der Waals surface area contributed by atoms with Crippen LogP contribution in [0, 0.1) is 0 Å². The van der Waals surface area contributed by atoms with E-state index in [1.165, 1.54) is 0 Å². The molecule has 5 nitrogen and oxygen atoms in total. The number of hydrogen-bond donors (Lipinski definition) is 0. The zero-order valence-electron chi connectivity index (χ0n) is 12.3. The predicted octanol–water partition coefficient (Wildman–Crippen LogP) is 1.02. The van der Waals surface area contributed by atoms with Gasteiger partial charge in [-0.3, -0.25) is 4.90 Å². The van der Waals surface area contributed by atoms with Crippen molar-refractivity contribution in [2.45, 2.75) is 19.9 Å². The van der Waals surface area contributed by atoms with Crippen LogP contribution in [0.1, 0.15) is 13.8 Å². The molecule has 0 aliphatic heterocycles. The molecule has 0 heterocycles. The lowest BCUT2D eigenvalue weighted by molar-refractivity contribution is -0.00969. The highest BCUT2D eigenvalue weighted by molar-refractivity contribution is 4.70. The molecule has 0 amide bonds. The van der Waals surface area contributed by atoms with Crippen LogP contribution in [0.15, 0.2) is 0 Å². The maximum Gasteiger partial charge on any atom is 0.0701 e. The summed E-state index contributed by atoms with van der Waals surface area (Å²) in [4.78, 5) is 2.33. The van der Waals surface area contributed by atoms with E-state index in [-0.39, 0.29) is 6.04 Å². The van der Waals surface area contributed by atoms with Gasteiger partial charge in [-0.1, -0.05) is 6.92 Å². The van der Waals surface area contributed by atoms with Crippen LogP contribution in [0.25, 0.3) is 0 Å². The van der Waals surface area contributed by atoms with Gasteiger partial charge in [0.05, 0.1) is 39.1 Å². The Hall–Kier alpha value is -0.200. The van der Waals surface area contributed by atoms with Crippen LogP contribution in [0.2, 0.25) is 0 Å². The van der Waals surface area contributed by atoms with Gasteiger partial charge < -0.3 is 18.9 Å². The van der Waals surface area contributed by atoms with E-state index in [4.69, 9.17) is 18.9 Å². The van der Waals surface area contributed by atoms with Crippen molar-refractivity contribution >= 4 is 0 Å². The smallest absolute Gasteiger partial charge is 0.0701 e. The van der Waals surface area contributed by atoms with Crippen molar-refractivity contribution in [1.29, 1.82) is 0 Å². The summed E-state index contributed by atoms with van der Waals surface area (Å²) in [5, 5.41) is 0. The SMILES string of the molecule is CCOCC(COCCOC)N(CC)CCOC. The molecule has 0 fully saturated rings. The Morgan fingerprint density at radius 1 is 0.889 bits per heavy atom. The van der Waals surface area contributed by atoms with Gasteiger partial charge in [0.25, 0.3) is 0 Å². The minimum Gasteiger partial charge on any atom is -0.383 e. The molecule has 0 aromatic rings. The average molecular weight is 263 g/mol. The number of nitrogens with zero attached hydrogens (tertiary/aromatic N) is 1. The number of likely N-dealkylation sites (N-methyl/N-ethyl adjacent to an activating group) is 1. The maximum absolute atomic E-state index is 5.61. The molecule has 0 aliphatic carbocycles. The first-order valence-electron chi connectivity index (χ1n) is 6.67. The van der Waals surface area contributed by atoms with Gasteiger partial charge in [0.2, 0.25) is 0 Å². The van der Waals surface area contributed by atoms with Crippen LogP contribution in [-0.2, 0) is 18.9 Å². The van der Waals surface area contributed by atoms with Crippen LogP contribution in [0.5, 0.6) is 0 Å². The lowest BCUT2D eigenvalue weighted by Gasteiger charge is -2.30. The Morgan fingerprint density at radius 2 is 1.56 bits per heavy atom. The van der Waals surface area contributed by atoms with Crippen molar-refractivity contribution in [2.75, 3.05) is 67.0 Å². The standard InChI is InChI=1S/C13H29NO4/c1-5-14(7-8-15-3)13(11-17-6-2)12-18-10-9-16-4/h13H,5-12H2,1-4H3. The fourth-order valence-corrected chi connectivity index (χ4v) is 1.68. The molecule has 110 valence electrons. The van der Waals surface area contributed by atoms with Crippen molar-refractivity contribution in [3.8, 4) is 0 Å². The van der Waals surface area contributed by atoms with Gasteiger partial charge in [0.1, 0.15) is 0 Å². The second-order valence-corrected chi connectivity index (χ2v) is 4.00. The fraction of sp³-hybridized carbons (Fsp3) is 1.00. The van der Waals surface area contributed by atoms with E-state index in [0.29, 0.717) is 26.4 Å². The summed E-state index contributed by atoms with van der Waals surface area (Å²) in [6.07, 6.45) is 0. The van der Waals surface area contributed by atoms with E-state index in [1.54, 1.807) is 14.2 Å². The molecule has 1 unspecified atom stereocenters. The molecule has 0 N–H and O–H groups in total.